The standard InChI is InChI=1S/C18H18FN3OS/c1-2-13-3-5-14(6-4-13)7-12-17(23)21-22-18(24)20-16-10-8-15(19)9-11-16/h3-12H,2H2,1H3,(H,21,23)(H2,20,22,24)/b12-7+. The number of amides is 1. The second kappa shape index (κ2) is 8.79. The van der Waals surface area contributed by atoms with E-state index in [4.69, 9.17) is 12.2 Å². The van der Waals surface area contributed by atoms with Crippen molar-refractivity contribution in [1.29, 1.82) is 0 Å². The molecule has 0 spiro atoms. The summed E-state index contributed by atoms with van der Waals surface area (Å²) < 4.78 is 12.8. The Labute approximate surface area is 145 Å². The SMILES string of the molecule is CCc1ccc(/C=C/C(=O)NNC(=S)Nc2ccc(F)cc2)cc1. The first kappa shape index (κ1) is 17.6. The Morgan fingerprint density at radius 1 is 1.08 bits per heavy atom. The van der Waals surface area contributed by atoms with E-state index in [1.54, 1.807) is 18.2 Å². The second-order valence-electron chi connectivity index (χ2n) is 5.00. The Morgan fingerprint density at radius 2 is 1.75 bits per heavy atom. The van der Waals surface area contributed by atoms with Crippen molar-refractivity contribution in [1.82, 2.24) is 10.9 Å². The lowest BCUT2D eigenvalue weighted by Crippen LogP contribution is -2.43. The molecule has 0 heterocycles. The van der Waals surface area contributed by atoms with Crippen LogP contribution in [0.3, 0.4) is 0 Å². The van der Waals surface area contributed by atoms with Gasteiger partial charge in [0.1, 0.15) is 5.82 Å². The summed E-state index contributed by atoms with van der Waals surface area (Å²) in [7, 11) is 0. The van der Waals surface area contributed by atoms with Crippen molar-refractivity contribution < 1.29 is 9.18 Å². The van der Waals surface area contributed by atoms with Gasteiger partial charge in [0.2, 0.25) is 0 Å². The first-order valence-corrected chi connectivity index (χ1v) is 7.87. The van der Waals surface area contributed by atoms with Crippen LogP contribution >= 0.6 is 12.2 Å². The minimum absolute atomic E-state index is 0.204. The molecule has 0 aliphatic carbocycles. The lowest BCUT2D eigenvalue weighted by atomic mass is 10.1. The van der Waals surface area contributed by atoms with Crippen LogP contribution in [-0.4, -0.2) is 11.0 Å². The first-order valence-electron chi connectivity index (χ1n) is 7.46. The molecule has 0 aromatic heterocycles. The van der Waals surface area contributed by atoms with Crippen molar-refractivity contribution in [2.45, 2.75) is 13.3 Å². The van der Waals surface area contributed by atoms with Gasteiger partial charge in [0.15, 0.2) is 5.11 Å². The molecule has 2 aromatic carbocycles. The number of hydrogen-bond donors (Lipinski definition) is 3. The molecule has 0 bridgehead atoms. The molecule has 2 rings (SSSR count). The van der Waals surface area contributed by atoms with Crippen LogP contribution in [0.2, 0.25) is 0 Å². The van der Waals surface area contributed by atoms with Gasteiger partial charge in [-0.1, -0.05) is 31.2 Å². The highest BCUT2D eigenvalue weighted by Crippen LogP contribution is 2.08. The number of benzene rings is 2. The van der Waals surface area contributed by atoms with E-state index in [1.165, 1.54) is 23.8 Å². The third-order valence-electron chi connectivity index (χ3n) is 3.22. The van der Waals surface area contributed by atoms with Crippen LogP contribution < -0.4 is 16.2 Å². The molecule has 0 aliphatic rings. The number of halogens is 1. The molecule has 124 valence electrons. The molecule has 0 radical (unpaired) electrons. The molecule has 24 heavy (non-hydrogen) atoms. The number of aryl methyl sites for hydroxylation is 1. The molecule has 0 atom stereocenters. The van der Waals surface area contributed by atoms with Gasteiger partial charge in [0.05, 0.1) is 0 Å². The molecule has 4 nitrogen and oxygen atoms in total. The van der Waals surface area contributed by atoms with Crippen LogP contribution in [0, 0.1) is 5.82 Å². The van der Waals surface area contributed by atoms with Crippen LogP contribution in [0.15, 0.2) is 54.6 Å². The van der Waals surface area contributed by atoms with Gasteiger partial charge in [-0.3, -0.25) is 15.6 Å². The highest BCUT2D eigenvalue weighted by molar-refractivity contribution is 7.80. The topological polar surface area (TPSA) is 53.2 Å². The molecule has 2 aromatic rings. The van der Waals surface area contributed by atoms with Crippen molar-refractivity contribution in [2.24, 2.45) is 0 Å². The number of anilines is 1. The van der Waals surface area contributed by atoms with Gasteiger partial charge in [0, 0.05) is 11.8 Å². The van der Waals surface area contributed by atoms with Gasteiger partial charge in [-0.2, -0.15) is 0 Å². The molecular formula is C18H18FN3OS. The number of carbonyl (C=O) groups is 1. The Kier molecular flexibility index (Phi) is 6.45. The summed E-state index contributed by atoms with van der Waals surface area (Å²) in [4.78, 5) is 11.7. The molecule has 3 N–H and O–H groups in total. The number of nitrogens with one attached hydrogen (secondary N) is 3. The van der Waals surface area contributed by atoms with Crippen LogP contribution in [0.1, 0.15) is 18.1 Å². The summed E-state index contributed by atoms with van der Waals surface area (Å²) in [5, 5.41) is 3.03. The Balaban J connectivity index is 1.78. The highest BCUT2D eigenvalue weighted by Gasteiger charge is 2.00. The molecule has 0 unspecified atom stereocenters. The predicted molar refractivity (Wildman–Crippen MR) is 98.8 cm³/mol. The Hall–Kier alpha value is -2.73. The summed E-state index contributed by atoms with van der Waals surface area (Å²) in [6.07, 6.45) is 4.11. The van der Waals surface area contributed by atoms with Gasteiger partial charge in [-0.25, -0.2) is 4.39 Å². The lowest BCUT2D eigenvalue weighted by molar-refractivity contribution is -0.116. The minimum atomic E-state index is -0.335. The normalized spacial score (nSPS) is 10.4. The molecule has 0 saturated carbocycles. The maximum absolute atomic E-state index is 12.8. The maximum atomic E-state index is 12.8. The summed E-state index contributed by atoms with van der Waals surface area (Å²) in [6, 6.07) is 13.7. The van der Waals surface area contributed by atoms with Crippen LogP contribution in [0.5, 0.6) is 0 Å². The molecule has 0 aliphatic heterocycles. The van der Waals surface area contributed by atoms with E-state index in [2.05, 4.69) is 23.1 Å². The van der Waals surface area contributed by atoms with Crippen molar-refractivity contribution in [3.8, 4) is 0 Å². The second-order valence-corrected chi connectivity index (χ2v) is 5.41. The fourth-order valence-corrected chi connectivity index (χ4v) is 2.06. The zero-order valence-corrected chi connectivity index (χ0v) is 14.0. The van der Waals surface area contributed by atoms with Crippen LogP contribution in [0.25, 0.3) is 6.08 Å². The van der Waals surface area contributed by atoms with Gasteiger partial charge in [-0.15, -0.1) is 0 Å². The molecule has 0 fully saturated rings. The van der Waals surface area contributed by atoms with E-state index in [0.29, 0.717) is 5.69 Å². The Morgan fingerprint density at radius 3 is 2.38 bits per heavy atom. The monoisotopic (exact) mass is 343 g/mol. The quantitative estimate of drug-likeness (QED) is 0.452. The van der Waals surface area contributed by atoms with Crippen molar-refractivity contribution in [3.05, 3.63) is 71.6 Å². The largest absolute Gasteiger partial charge is 0.331 e. The zero-order valence-electron chi connectivity index (χ0n) is 13.2. The first-order chi connectivity index (χ1) is 11.6. The fourth-order valence-electron chi connectivity index (χ4n) is 1.89. The number of rotatable bonds is 4. The lowest BCUT2D eigenvalue weighted by Gasteiger charge is -2.10. The van der Waals surface area contributed by atoms with E-state index < -0.39 is 0 Å². The molecule has 0 saturated heterocycles. The van der Waals surface area contributed by atoms with E-state index in [-0.39, 0.29) is 16.8 Å². The average molecular weight is 343 g/mol. The van der Waals surface area contributed by atoms with Gasteiger partial charge in [-0.05, 0) is 60.1 Å². The maximum Gasteiger partial charge on any atom is 0.262 e. The van der Waals surface area contributed by atoms with Crippen molar-refractivity contribution in [2.75, 3.05) is 5.32 Å². The fraction of sp³-hybridized carbons (Fsp3) is 0.111. The smallest absolute Gasteiger partial charge is 0.262 e. The Bertz CT molecular complexity index is 727. The predicted octanol–water partition coefficient (Wildman–Crippen LogP) is 3.42. The summed E-state index contributed by atoms with van der Waals surface area (Å²) in [5.41, 5.74) is 7.83. The number of carbonyl (C=O) groups excluding carboxylic acids is 1. The van der Waals surface area contributed by atoms with Gasteiger partial charge >= 0.3 is 0 Å². The van der Waals surface area contributed by atoms with Gasteiger partial charge in [0.25, 0.3) is 5.91 Å². The summed E-state index contributed by atoms with van der Waals surface area (Å²) in [5.74, 6) is -0.664. The molecule has 1 amide bonds. The third kappa shape index (κ3) is 5.81. The third-order valence-corrected chi connectivity index (χ3v) is 3.42. The van der Waals surface area contributed by atoms with E-state index in [9.17, 15) is 9.18 Å². The highest BCUT2D eigenvalue weighted by atomic mass is 32.1. The van der Waals surface area contributed by atoms with E-state index in [1.807, 2.05) is 24.3 Å². The zero-order chi connectivity index (χ0) is 17.4. The van der Waals surface area contributed by atoms with Gasteiger partial charge < -0.3 is 5.32 Å². The number of hydrazine groups is 1. The van der Waals surface area contributed by atoms with Crippen LogP contribution in [0.4, 0.5) is 10.1 Å². The molecular weight excluding hydrogens is 325 g/mol. The minimum Gasteiger partial charge on any atom is -0.331 e. The van der Waals surface area contributed by atoms with E-state index >= 15 is 0 Å². The van der Waals surface area contributed by atoms with Crippen molar-refractivity contribution >= 4 is 35.0 Å². The summed E-state index contributed by atoms with van der Waals surface area (Å²) >= 11 is 5.04. The number of hydrogen-bond acceptors (Lipinski definition) is 2. The summed E-state index contributed by atoms with van der Waals surface area (Å²) in [6.45, 7) is 2.09. The number of thiocarbonyl (C=S) groups is 1. The average Bonchev–Trinajstić information content (AvgIpc) is 2.60. The van der Waals surface area contributed by atoms with E-state index in [0.717, 1.165) is 12.0 Å². The van der Waals surface area contributed by atoms with Crippen molar-refractivity contribution in [3.63, 3.8) is 0 Å². The van der Waals surface area contributed by atoms with Crippen LogP contribution in [-0.2, 0) is 11.2 Å². The molecule has 6 heteroatoms.